The Bertz CT molecular complexity index is 916. The molecule has 5 heteroatoms. The molecule has 2 aliphatic rings. The predicted molar refractivity (Wildman–Crippen MR) is 122 cm³/mol. The molecule has 1 unspecified atom stereocenters. The van der Waals surface area contributed by atoms with Crippen molar-refractivity contribution in [3.8, 4) is 5.69 Å². The fourth-order valence-corrected chi connectivity index (χ4v) is 4.93. The van der Waals surface area contributed by atoms with Gasteiger partial charge in [0.05, 0.1) is 5.69 Å². The number of para-hydroxylation sites is 1. The topological polar surface area (TPSA) is 27.5 Å². The van der Waals surface area contributed by atoms with E-state index in [1.54, 1.807) is 0 Å². The van der Waals surface area contributed by atoms with Crippen molar-refractivity contribution in [2.24, 2.45) is 0 Å². The van der Waals surface area contributed by atoms with Gasteiger partial charge in [-0.25, -0.2) is 4.68 Å². The van der Waals surface area contributed by atoms with Gasteiger partial charge in [-0.15, -0.1) is 0 Å². The maximum atomic E-state index is 4.37. The van der Waals surface area contributed by atoms with Crippen LogP contribution in [0.4, 0.5) is 5.69 Å². The summed E-state index contributed by atoms with van der Waals surface area (Å²) < 4.78 is 1.94. The fourth-order valence-electron chi connectivity index (χ4n) is 4.93. The average molecular weight is 402 g/mol. The molecule has 0 aliphatic carbocycles. The van der Waals surface area contributed by atoms with Gasteiger partial charge in [-0.1, -0.05) is 30.3 Å². The Labute approximate surface area is 179 Å². The lowest BCUT2D eigenvalue weighted by Crippen LogP contribution is -2.55. The highest BCUT2D eigenvalue weighted by Gasteiger charge is 2.28. The third-order valence-electron chi connectivity index (χ3n) is 6.52. The van der Waals surface area contributed by atoms with Crippen LogP contribution in [-0.2, 0) is 6.54 Å². The number of benzene rings is 2. The van der Waals surface area contributed by atoms with E-state index in [-0.39, 0.29) is 0 Å². The monoisotopic (exact) mass is 401 g/mol. The number of anilines is 1. The van der Waals surface area contributed by atoms with Gasteiger partial charge in [0.2, 0.25) is 0 Å². The number of likely N-dealkylation sites (tertiary alicyclic amines) is 1. The molecule has 0 saturated carbocycles. The van der Waals surface area contributed by atoms with Crippen molar-refractivity contribution in [1.82, 2.24) is 19.6 Å². The molecule has 5 rings (SSSR count). The molecule has 0 amide bonds. The van der Waals surface area contributed by atoms with Crippen molar-refractivity contribution in [2.45, 2.75) is 25.4 Å². The van der Waals surface area contributed by atoms with Gasteiger partial charge < -0.3 is 4.90 Å². The Balaban J connectivity index is 1.17. The van der Waals surface area contributed by atoms with Gasteiger partial charge in [0, 0.05) is 63.4 Å². The number of rotatable bonds is 5. The van der Waals surface area contributed by atoms with Gasteiger partial charge in [0.1, 0.15) is 0 Å². The quantitative estimate of drug-likeness (QED) is 0.652. The van der Waals surface area contributed by atoms with Crippen LogP contribution in [0.15, 0.2) is 73.1 Å². The Morgan fingerprint density at radius 1 is 0.833 bits per heavy atom. The van der Waals surface area contributed by atoms with Crippen LogP contribution in [0, 0.1) is 0 Å². The molecule has 0 bridgehead atoms. The van der Waals surface area contributed by atoms with Gasteiger partial charge in [-0.05, 0) is 55.3 Å². The van der Waals surface area contributed by atoms with Gasteiger partial charge in [0.25, 0.3) is 0 Å². The first-order valence-electron chi connectivity index (χ1n) is 11.2. The zero-order chi connectivity index (χ0) is 20.2. The lowest BCUT2D eigenvalue weighted by molar-refractivity contribution is 0.0888. The standard InChI is InChI=1S/C25H31N5/c1-2-8-23(9-3-1)28-15-17-29(18-16-28)25-11-5-13-27(21-25)20-22-7-4-10-24(19-22)30-14-6-12-26-30/h1-4,6-10,12,14,19,25H,5,11,13,15-18,20-21H2. The molecule has 1 atom stereocenters. The van der Waals surface area contributed by atoms with Gasteiger partial charge in [-0.2, -0.15) is 5.10 Å². The van der Waals surface area contributed by atoms with Crippen LogP contribution in [0.25, 0.3) is 5.69 Å². The van der Waals surface area contributed by atoms with Crippen molar-refractivity contribution in [3.05, 3.63) is 78.6 Å². The number of piperazine rings is 1. The minimum Gasteiger partial charge on any atom is -0.369 e. The van der Waals surface area contributed by atoms with Crippen LogP contribution in [0.3, 0.4) is 0 Å². The van der Waals surface area contributed by atoms with E-state index in [1.807, 2.05) is 23.1 Å². The van der Waals surface area contributed by atoms with Gasteiger partial charge in [0.15, 0.2) is 0 Å². The highest BCUT2D eigenvalue weighted by atomic mass is 15.3. The van der Waals surface area contributed by atoms with E-state index in [0.717, 1.165) is 25.3 Å². The zero-order valence-corrected chi connectivity index (χ0v) is 17.6. The summed E-state index contributed by atoms with van der Waals surface area (Å²) in [6.07, 6.45) is 6.46. The van der Waals surface area contributed by atoms with E-state index < -0.39 is 0 Å². The number of aromatic nitrogens is 2. The lowest BCUT2D eigenvalue weighted by atomic mass is 10.0. The fraction of sp³-hybridized carbons (Fsp3) is 0.400. The van der Waals surface area contributed by atoms with Crippen molar-refractivity contribution in [1.29, 1.82) is 0 Å². The number of piperidine rings is 1. The van der Waals surface area contributed by atoms with E-state index >= 15 is 0 Å². The minimum absolute atomic E-state index is 0.686. The second kappa shape index (κ2) is 9.02. The molecule has 0 radical (unpaired) electrons. The van der Waals surface area contributed by atoms with Crippen molar-refractivity contribution >= 4 is 5.69 Å². The van der Waals surface area contributed by atoms with Crippen LogP contribution in [0.5, 0.6) is 0 Å². The Kier molecular flexibility index (Phi) is 5.82. The van der Waals surface area contributed by atoms with Crippen molar-refractivity contribution in [2.75, 3.05) is 44.2 Å². The molecular weight excluding hydrogens is 370 g/mol. The number of nitrogens with zero attached hydrogens (tertiary/aromatic N) is 5. The van der Waals surface area contributed by atoms with Crippen LogP contribution >= 0.6 is 0 Å². The van der Waals surface area contributed by atoms with Crippen LogP contribution < -0.4 is 4.90 Å². The second-order valence-electron chi connectivity index (χ2n) is 8.51. The van der Waals surface area contributed by atoms with E-state index in [0.29, 0.717) is 6.04 Å². The summed E-state index contributed by atoms with van der Waals surface area (Å²) in [7, 11) is 0. The molecule has 1 aromatic heterocycles. The first kappa shape index (κ1) is 19.3. The lowest BCUT2D eigenvalue weighted by Gasteiger charge is -2.44. The summed E-state index contributed by atoms with van der Waals surface area (Å²) in [5.74, 6) is 0. The molecule has 0 N–H and O–H groups in total. The molecule has 3 heterocycles. The maximum absolute atomic E-state index is 4.37. The Morgan fingerprint density at radius 3 is 2.47 bits per heavy atom. The molecule has 2 aliphatic heterocycles. The van der Waals surface area contributed by atoms with E-state index in [9.17, 15) is 0 Å². The summed E-state index contributed by atoms with van der Waals surface area (Å²) in [6.45, 7) is 8.00. The van der Waals surface area contributed by atoms with Gasteiger partial charge >= 0.3 is 0 Å². The number of hydrogen-bond acceptors (Lipinski definition) is 4. The highest BCUT2D eigenvalue weighted by Crippen LogP contribution is 2.22. The normalized spacial score (nSPS) is 21.1. The molecule has 5 nitrogen and oxygen atoms in total. The zero-order valence-electron chi connectivity index (χ0n) is 17.6. The third kappa shape index (κ3) is 4.42. The molecule has 0 spiro atoms. The molecule has 156 valence electrons. The molecule has 3 aromatic rings. The number of hydrogen-bond donors (Lipinski definition) is 0. The summed E-state index contributed by atoms with van der Waals surface area (Å²) in [4.78, 5) is 7.89. The molecular formula is C25H31N5. The largest absolute Gasteiger partial charge is 0.369 e. The first-order chi connectivity index (χ1) is 14.8. The SMILES string of the molecule is c1ccc(N2CCN(C3CCCN(Cc4cccc(-n5cccn5)c4)C3)CC2)cc1. The maximum Gasteiger partial charge on any atom is 0.0648 e. The molecule has 2 aromatic carbocycles. The summed E-state index contributed by atoms with van der Waals surface area (Å²) in [5, 5.41) is 4.37. The first-order valence-corrected chi connectivity index (χ1v) is 11.2. The summed E-state index contributed by atoms with van der Waals surface area (Å²) >= 11 is 0. The second-order valence-corrected chi connectivity index (χ2v) is 8.51. The smallest absolute Gasteiger partial charge is 0.0648 e. The van der Waals surface area contributed by atoms with Crippen LogP contribution in [0.1, 0.15) is 18.4 Å². The minimum atomic E-state index is 0.686. The van der Waals surface area contributed by atoms with Crippen LogP contribution in [-0.4, -0.2) is 64.9 Å². The summed E-state index contributed by atoms with van der Waals surface area (Å²) in [6, 6.07) is 22.3. The molecule has 2 saturated heterocycles. The van der Waals surface area contributed by atoms with E-state index in [1.165, 1.54) is 50.3 Å². The van der Waals surface area contributed by atoms with Gasteiger partial charge in [-0.3, -0.25) is 9.80 Å². The van der Waals surface area contributed by atoms with E-state index in [4.69, 9.17) is 0 Å². The molecule has 2 fully saturated rings. The third-order valence-corrected chi connectivity index (χ3v) is 6.52. The van der Waals surface area contributed by atoms with Crippen molar-refractivity contribution in [3.63, 3.8) is 0 Å². The average Bonchev–Trinajstić information content (AvgIpc) is 3.35. The highest BCUT2D eigenvalue weighted by molar-refractivity contribution is 5.46. The van der Waals surface area contributed by atoms with Crippen LogP contribution in [0.2, 0.25) is 0 Å². The Morgan fingerprint density at radius 2 is 1.67 bits per heavy atom. The van der Waals surface area contributed by atoms with E-state index in [2.05, 4.69) is 74.4 Å². The molecule has 30 heavy (non-hydrogen) atoms. The summed E-state index contributed by atoms with van der Waals surface area (Å²) in [5.41, 5.74) is 3.88. The van der Waals surface area contributed by atoms with Crippen molar-refractivity contribution < 1.29 is 0 Å². The Hall–Kier alpha value is -2.63. The predicted octanol–water partition coefficient (Wildman–Crippen LogP) is 3.66.